The summed E-state index contributed by atoms with van der Waals surface area (Å²) < 4.78 is 2.09. The van der Waals surface area contributed by atoms with E-state index in [0.717, 1.165) is 35.4 Å². The fourth-order valence-electron chi connectivity index (χ4n) is 4.14. The molecule has 2 heterocycles. The van der Waals surface area contributed by atoms with Gasteiger partial charge in [0.2, 0.25) is 0 Å². The van der Waals surface area contributed by atoms with Gasteiger partial charge in [0.1, 0.15) is 11.3 Å². The van der Waals surface area contributed by atoms with Crippen LogP contribution in [0.2, 0.25) is 0 Å². The van der Waals surface area contributed by atoms with Crippen molar-refractivity contribution in [1.82, 2.24) is 9.55 Å². The van der Waals surface area contributed by atoms with Crippen molar-refractivity contribution in [3.63, 3.8) is 0 Å². The lowest BCUT2D eigenvalue weighted by molar-refractivity contribution is 0.0693. The topological polar surface area (TPSA) is 75.3 Å². The van der Waals surface area contributed by atoms with Gasteiger partial charge in [-0.2, -0.15) is 0 Å². The first kappa shape index (κ1) is 17.3. The summed E-state index contributed by atoms with van der Waals surface area (Å²) in [5.41, 5.74) is 7.28. The van der Waals surface area contributed by atoms with Crippen molar-refractivity contribution in [2.75, 3.05) is 0 Å². The standard InChI is InChI=1S/C24H18N2O3/c27-23-10-8-17(12-20(23)24(28)29)26-21-9-7-15-4-1-2-6-18(15)19(21)13-22(26)16-5-3-11-25-14-16/h1-6,8,10-14,27H,7,9H2,(H,28,29). The molecule has 0 saturated heterocycles. The van der Waals surface area contributed by atoms with Crippen LogP contribution >= 0.6 is 0 Å². The number of rotatable bonds is 3. The highest BCUT2D eigenvalue weighted by Gasteiger charge is 2.24. The maximum Gasteiger partial charge on any atom is 0.339 e. The summed E-state index contributed by atoms with van der Waals surface area (Å²) >= 11 is 0. The van der Waals surface area contributed by atoms with E-state index in [2.05, 4.69) is 33.8 Å². The lowest BCUT2D eigenvalue weighted by Crippen LogP contribution is -2.09. The molecule has 5 rings (SSSR count). The SMILES string of the molecule is O=C(O)c1cc(-n2c(-c3cccnc3)cc3c2CCc2ccccc2-3)ccc1O. The quantitative estimate of drug-likeness (QED) is 0.538. The van der Waals surface area contributed by atoms with Gasteiger partial charge >= 0.3 is 5.97 Å². The van der Waals surface area contributed by atoms with Gasteiger partial charge in [-0.05, 0) is 60.4 Å². The number of carboxylic acid groups (broad SMARTS) is 1. The Balaban J connectivity index is 1.81. The van der Waals surface area contributed by atoms with E-state index in [9.17, 15) is 15.0 Å². The molecule has 4 aromatic rings. The molecule has 1 aliphatic carbocycles. The molecule has 0 aliphatic heterocycles. The highest BCUT2D eigenvalue weighted by atomic mass is 16.4. The maximum atomic E-state index is 11.6. The van der Waals surface area contributed by atoms with Crippen LogP contribution in [0.5, 0.6) is 5.75 Å². The van der Waals surface area contributed by atoms with Crippen molar-refractivity contribution >= 4 is 5.97 Å². The Morgan fingerprint density at radius 2 is 1.83 bits per heavy atom. The molecule has 2 N–H and O–H groups in total. The minimum Gasteiger partial charge on any atom is -0.507 e. The van der Waals surface area contributed by atoms with Gasteiger partial charge in [0.25, 0.3) is 0 Å². The number of hydrogen-bond acceptors (Lipinski definition) is 3. The van der Waals surface area contributed by atoms with Crippen LogP contribution in [0, 0.1) is 0 Å². The molecule has 0 fully saturated rings. The summed E-state index contributed by atoms with van der Waals surface area (Å²) in [4.78, 5) is 15.8. The third kappa shape index (κ3) is 2.79. The summed E-state index contributed by atoms with van der Waals surface area (Å²) in [5.74, 6) is -1.39. The van der Waals surface area contributed by atoms with Gasteiger partial charge < -0.3 is 14.8 Å². The number of fused-ring (bicyclic) bond motifs is 3. The number of aromatic carboxylic acids is 1. The lowest BCUT2D eigenvalue weighted by atomic mass is 9.90. The first-order valence-corrected chi connectivity index (χ1v) is 9.43. The van der Waals surface area contributed by atoms with E-state index in [4.69, 9.17) is 0 Å². The molecule has 5 nitrogen and oxygen atoms in total. The number of nitrogens with zero attached hydrogens (tertiary/aromatic N) is 2. The van der Waals surface area contributed by atoms with Gasteiger partial charge in [0.05, 0.1) is 5.69 Å². The maximum absolute atomic E-state index is 11.6. The number of aromatic nitrogens is 2. The van der Waals surface area contributed by atoms with Crippen LogP contribution in [-0.4, -0.2) is 25.7 Å². The summed E-state index contributed by atoms with van der Waals surface area (Å²) in [5, 5.41) is 19.4. The first-order chi connectivity index (χ1) is 14.1. The third-order valence-electron chi connectivity index (χ3n) is 5.47. The highest BCUT2D eigenvalue weighted by molar-refractivity contribution is 5.91. The summed E-state index contributed by atoms with van der Waals surface area (Å²) in [6.45, 7) is 0. The second-order valence-corrected chi connectivity index (χ2v) is 7.13. The minimum absolute atomic E-state index is 0.113. The zero-order valence-corrected chi connectivity index (χ0v) is 15.5. The zero-order valence-electron chi connectivity index (χ0n) is 15.5. The Hall–Kier alpha value is -3.86. The van der Waals surface area contributed by atoms with Crippen molar-refractivity contribution in [3.05, 3.63) is 89.9 Å². The summed E-state index contributed by atoms with van der Waals surface area (Å²) in [6.07, 6.45) is 5.30. The number of benzene rings is 2. The Kier molecular flexibility index (Phi) is 3.95. The number of pyridine rings is 1. The van der Waals surface area contributed by atoms with Crippen molar-refractivity contribution in [2.24, 2.45) is 0 Å². The van der Waals surface area contributed by atoms with E-state index in [-0.39, 0.29) is 11.3 Å². The van der Waals surface area contributed by atoms with Crippen molar-refractivity contribution in [1.29, 1.82) is 0 Å². The van der Waals surface area contributed by atoms with Gasteiger partial charge in [0, 0.05) is 34.9 Å². The number of hydrogen-bond donors (Lipinski definition) is 2. The molecule has 5 heteroatoms. The summed E-state index contributed by atoms with van der Waals surface area (Å²) in [6, 6.07) is 19.1. The molecule has 29 heavy (non-hydrogen) atoms. The molecule has 1 aliphatic rings. The van der Waals surface area contributed by atoms with Crippen LogP contribution < -0.4 is 0 Å². The highest BCUT2D eigenvalue weighted by Crippen LogP contribution is 2.40. The molecule has 2 aromatic heterocycles. The minimum atomic E-state index is -1.15. The normalized spacial score (nSPS) is 12.3. The third-order valence-corrected chi connectivity index (χ3v) is 5.47. The molecule has 142 valence electrons. The van der Waals surface area contributed by atoms with Crippen LogP contribution in [0.3, 0.4) is 0 Å². The zero-order chi connectivity index (χ0) is 20.0. The molecule has 0 bridgehead atoms. The van der Waals surface area contributed by atoms with Crippen LogP contribution in [0.1, 0.15) is 21.6 Å². The Labute approximate surface area is 167 Å². The first-order valence-electron chi connectivity index (χ1n) is 9.43. The number of carbonyl (C=O) groups is 1. The van der Waals surface area contributed by atoms with E-state index in [0.29, 0.717) is 5.69 Å². The summed E-state index contributed by atoms with van der Waals surface area (Å²) in [7, 11) is 0. The smallest absolute Gasteiger partial charge is 0.339 e. The molecule has 0 saturated carbocycles. The number of phenols is 1. The Morgan fingerprint density at radius 3 is 2.62 bits per heavy atom. The van der Waals surface area contributed by atoms with E-state index in [1.165, 1.54) is 23.3 Å². The van der Waals surface area contributed by atoms with Crippen LogP contribution in [0.15, 0.2) is 73.1 Å². The van der Waals surface area contributed by atoms with E-state index in [1.807, 2.05) is 24.4 Å². The second kappa shape index (κ2) is 6.63. The number of aromatic hydroxyl groups is 1. The number of carboxylic acids is 1. The van der Waals surface area contributed by atoms with Gasteiger partial charge in [-0.15, -0.1) is 0 Å². The predicted octanol–water partition coefficient (Wildman–Crippen LogP) is 4.71. The van der Waals surface area contributed by atoms with Crippen molar-refractivity contribution in [2.45, 2.75) is 12.8 Å². The average Bonchev–Trinajstić information content (AvgIpc) is 3.15. The van der Waals surface area contributed by atoms with Gasteiger partial charge in [-0.25, -0.2) is 4.79 Å². The van der Waals surface area contributed by atoms with Crippen molar-refractivity contribution in [3.8, 4) is 33.8 Å². The lowest BCUT2D eigenvalue weighted by Gasteiger charge is -2.20. The molecule has 0 spiro atoms. The second-order valence-electron chi connectivity index (χ2n) is 7.13. The van der Waals surface area contributed by atoms with Gasteiger partial charge in [-0.3, -0.25) is 4.98 Å². The van der Waals surface area contributed by atoms with Crippen LogP contribution in [0.4, 0.5) is 0 Å². The van der Waals surface area contributed by atoms with E-state index in [1.54, 1.807) is 12.3 Å². The van der Waals surface area contributed by atoms with Gasteiger partial charge in [0.15, 0.2) is 0 Å². The van der Waals surface area contributed by atoms with E-state index >= 15 is 0 Å². The Bertz CT molecular complexity index is 1240. The molecule has 2 aromatic carbocycles. The van der Waals surface area contributed by atoms with E-state index < -0.39 is 5.97 Å². The molecule has 0 atom stereocenters. The molecular formula is C24H18N2O3. The van der Waals surface area contributed by atoms with Crippen molar-refractivity contribution < 1.29 is 15.0 Å². The van der Waals surface area contributed by atoms with Crippen LogP contribution in [-0.2, 0) is 12.8 Å². The fourth-order valence-corrected chi connectivity index (χ4v) is 4.14. The molecule has 0 amide bonds. The number of aryl methyl sites for hydroxylation is 1. The Morgan fingerprint density at radius 1 is 0.966 bits per heavy atom. The average molecular weight is 382 g/mol. The molecular weight excluding hydrogens is 364 g/mol. The molecule has 0 radical (unpaired) electrons. The largest absolute Gasteiger partial charge is 0.507 e. The molecule has 0 unspecified atom stereocenters. The fraction of sp³-hybridized carbons (Fsp3) is 0.0833. The predicted molar refractivity (Wildman–Crippen MR) is 110 cm³/mol. The van der Waals surface area contributed by atoms with Crippen LogP contribution in [0.25, 0.3) is 28.1 Å². The van der Waals surface area contributed by atoms with Gasteiger partial charge in [-0.1, -0.05) is 24.3 Å². The monoisotopic (exact) mass is 382 g/mol.